The number of aliphatic hydroxyl groups is 1. The summed E-state index contributed by atoms with van der Waals surface area (Å²) < 4.78 is 83.7. The van der Waals surface area contributed by atoms with E-state index in [1.54, 1.807) is 19.5 Å². The first-order valence-corrected chi connectivity index (χ1v) is 29.0. The normalized spacial score (nSPS) is 22.1. The van der Waals surface area contributed by atoms with Crippen LogP contribution in [-0.4, -0.2) is 118 Å². The number of aromatic nitrogens is 4. The molecule has 3 aliphatic carbocycles. The van der Waals surface area contributed by atoms with Crippen LogP contribution in [0.4, 0.5) is 37.5 Å². The number of alkyl halides is 5. The second-order valence-electron chi connectivity index (χ2n) is 22.3. The van der Waals surface area contributed by atoms with Gasteiger partial charge in [-0.25, -0.2) is 14.6 Å². The number of nitrogens with zero attached hydrogens (tertiary/aromatic N) is 6. The Morgan fingerprint density at radius 1 is 0.974 bits per heavy atom. The van der Waals surface area contributed by atoms with Gasteiger partial charge in [-0.3, -0.25) is 14.1 Å². The van der Waals surface area contributed by atoms with Crippen LogP contribution >= 0.6 is 11.6 Å². The average Bonchev–Trinajstić information content (AvgIpc) is 4.04. The van der Waals surface area contributed by atoms with Crippen LogP contribution in [-0.2, 0) is 29.3 Å². The summed E-state index contributed by atoms with van der Waals surface area (Å²) in [6.07, 6.45) is 5.08. The van der Waals surface area contributed by atoms with E-state index in [1.807, 2.05) is 24.5 Å². The molecule has 0 spiro atoms. The zero-order chi connectivity index (χ0) is 56.9. The monoisotopic (exact) mass is 1130 g/mol. The molecule has 0 bridgehead atoms. The molecule has 3 heterocycles. The number of fused-ring (bicyclic) bond motifs is 6. The van der Waals surface area contributed by atoms with E-state index in [0.29, 0.717) is 52.9 Å². The van der Waals surface area contributed by atoms with Crippen molar-refractivity contribution >= 4 is 51.6 Å². The van der Waals surface area contributed by atoms with Crippen molar-refractivity contribution in [2.75, 3.05) is 45.0 Å². The maximum atomic E-state index is 13.2. The van der Waals surface area contributed by atoms with Gasteiger partial charge in [0, 0.05) is 72.8 Å². The lowest BCUT2D eigenvalue weighted by Crippen LogP contribution is -2.54. The Morgan fingerprint density at radius 2 is 1.67 bits per heavy atom. The molecule has 0 radical (unpaired) electrons. The van der Waals surface area contributed by atoms with Gasteiger partial charge in [0.1, 0.15) is 16.5 Å². The van der Waals surface area contributed by atoms with Crippen molar-refractivity contribution in [3.05, 3.63) is 74.8 Å². The van der Waals surface area contributed by atoms with Crippen molar-refractivity contribution in [3.63, 3.8) is 0 Å². The number of hydrogen-bond donors (Lipinski definition) is 4. The van der Waals surface area contributed by atoms with E-state index < -0.39 is 53.5 Å². The van der Waals surface area contributed by atoms with Gasteiger partial charge in [0.05, 0.1) is 48.5 Å². The van der Waals surface area contributed by atoms with Crippen LogP contribution in [0.1, 0.15) is 155 Å². The van der Waals surface area contributed by atoms with Crippen molar-refractivity contribution in [1.29, 1.82) is 0 Å². The lowest BCUT2D eigenvalue weighted by Gasteiger charge is -2.53. The highest BCUT2D eigenvalue weighted by Crippen LogP contribution is 2.63. The zero-order valence-electron chi connectivity index (χ0n) is 45.5. The van der Waals surface area contributed by atoms with Crippen LogP contribution in [0.3, 0.4) is 0 Å². The third-order valence-corrected chi connectivity index (χ3v) is 19.3. The van der Waals surface area contributed by atoms with Gasteiger partial charge in [0.25, 0.3) is 0 Å². The Bertz CT molecular complexity index is 2900. The van der Waals surface area contributed by atoms with Gasteiger partial charge in [-0.2, -0.15) is 26.9 Å². The number of methoxy groups -OCH3 is 1. The molecule has 2 amide bonds. The number of benzene rings is 1. The summed E-state index contributed by atoms with van der Waals surface area (Å²) in [6.45, 7) is 6.22. The predicted molar refractivity (Wildman–Crippen MR) is 292 cm³/mol. The Kier molecular flexibility index (Phi) is 19.4. The molecular weight excluding hydrogens is 1060 g/mol. The second kappa shape index (κ2) is 25.0. The second-order valence-corrected chi connectivity index (χ2v) is 24.4. The van der Waals surface area contributed by atoms with Gasteiger partial charge < -0.3 is 35.3 Å². The number of carbonyl (C=O) groups is 2. The summed E-state index contributed by atoms with van der Waals surface area (Å²) in [4.78, 5) is 41.5. The molecule has 5 N–H and O–H groups in total. The number of aliphatic hydroxyl groups excluding tert-OH is 1. The summed E-state index contributed by atoms with van der Waals surface area (Å²) in [7, 11) is 3.07. The Labute approximate surface area is 461 Å². The van der Waals surface area contributed by atoms with Crippen molar-refractivity contribution in [2.24, 2.45) is 23.2 Å². The third kappa shape index (κ3) is 13.0. The van der Waals surface area contributed by atoms with Crippen LogP contribution in [0.25, 0.3) is 11.0 Å². The van der Waals surface area contributed by atoms with Gasteiger partial charge in [0.2, 0.25) is 5.95 Å². The molecule has 0 aliphatic heterocycles. The summed E-state index contributed by atoms with van der Waals surface area (Å²) in [6, 6.07) is 6.21. The van der Waals surface area contributed by atoms with Crippen LogP contribution < -0.4 is 10.5 Å². The number of nitrogen functional groups attached to an aromatic ring is 1. The fourth-order valence-corrected chi connectivity index (χ4v) is 14.7. The van der Waals surface area contributed by atoms with Crippen LogP contribution in [0.2, 0.25) is 5.15 Å². The lowest BCUT2D eigenvalue weighted by molar-refractivity contribution is -0.284. The number of pyridine rings is 1. The molecule has 78 heavy (non-hydrogen) atoms. The molecule has 2 saturated carbocycles. The number of carboxylic acid groups (broad SMARTS) is 2. The minimum Gasteiger partial charge on any atom is -0.496 e. The molecule has 428 valence electrons. The summed E-state index contributed by atoms with van der Waals surface area (Å²) in [5, 5.41) is 33.0. The molecule has 0 saturated heterocycles. The molecule has 2 unspecified atom stereocenters. The van der Waals surface area contributed by atoms with E-state index in [0.717, 1.165) is 110 Å². The number of anilines is 1. The fraction of sp³-hybridized carbons (Fsp3) is 0.632. The number of amides is 2. The van der Waals surface area contributed by atoms with E-state index in [4.69, 9.17) is 22.1 Å². The molecule has 21 heteroatoms. The summed E-state index contributed by atoms with van der Waals surface area (Å²) in [5.41, 5.74) is 11.0. The minimum absolute atomic E-state index is 0.0195. The standard InChI is InChI=1S/C57H75ClF5N7O7S/c1-35-31-65-44(36(2)48(35)77-6)33-70-32-38(47-49(58)66-51(64)67-50(47)70)18-13-14-24-55(69(5)53(74)75,34-68(4)52(72)73)40-19-20-41-39(30-40)29-37(46-42(41)23-26-54(3)43(46)21-22-45(54)71)17-12-10-8-7-9-11-15-27-78(76)28-16-25-56(59,60)57(61,62)63/h19-20,30-32,37,42-43,45-46,71H,7-12,14-17,21-29,33-34H2,1-6H3,(H,72,73)(H,74,75)(H2,64,66,67)/t37-,42-,43+,45+,46-,54+,55?,78?/m1/s1. The van der Waals surface area contributed by atoms with Gasteiger partial charge in [-0.05, 0) is 117 Å². The first-order valence-electron chi connectivity index (χ1n) is 27.1. The number of nitrogens with two attached hydrogens (primary N) is 1. The molecule has 8 atom stereocenters. The fourth-order valence-electron chi connectivity index (χ4n) is 13.2. The average molecular weight is 1130 g/mol. The molecule has 1 aromatic carbocycles. The van der Waals surface area contributed by atoms with Crippen LogP contribution in [0, 0.1) is 48.9 Å². The number of rotatable bonds is 23. The summed E-state index contributed by atoms with van der Waals surface area (Å²) in [5.74, 6) is 3.75. The van der Waals surface area contributed by atoms with Crippen LogP contribution in [0.5, 0.6) is 5.75 Å². The number of halogens is 6. The van der Waals surface area contributed by atoms with E-state index in [-0.39, 0.29) is 59.4 Å². The smallest absolute Gasteiger partial charge is 0.453 e. The van der Waals surface area contributed by atoms with Crippen LogP contribution in [0.15, 0.2) is 30.6 Å². The molecule has 7 rings (SSSR count). The molecule has 3 aliphatic rings. The Balaban J connectivity index is 1.10. The Hall–Kier alpha value is -5.26. The molecule has 3 aromatic heterocycles. The summed E-state index contributed by atoms with van der Waals surface area (Å²) >= 11 is 6.73. The highest BCUT2D eigenvalue weighted by atomic mass is 35.5. The van der Waals surface area contributed by atoms with E-state index in [1.165, 1.54) is 24.6 Å². The molecule has 14 nitrogen and oxygen atoms in total. The highest BCUT2D eigenvalue weighted by molar-refractivity contribution is 7.84. The zero-order valence-corrected chi connectivity index (χ0v) is 47.1. The first kappa shape index (κ1) is 60.4. The highest BCUT2D eigenvalue weighted by Gasteiger charge is 2.58. The maximum absolute atomic E-state index is 13.2. The SMILES string of the molecule is COc1c(C)cnc(Cn2cc(C#CCCC(CN(C)C(=O)O)(c3ccc4c(c3)C[C@@H](CCCCCCCCCS(=O)CCCC(F)(F)C(F)(F)F)[C@@H]3[C@@H]4CC[C@]4(C)[C@@H](O)CC[C@@H]34)N(C)C(=O)O)c3c(Cl)nc(N)nc32)c1C. The first-order chi connectivity index (χ1) is 36.8. The van der Waals surface area contributed by atoms with E-state index in [2.05, 4.69) is 45.8 Å². The van der Waals surface area contributed by atoms with Crippen molar-refractivity contribution < 1.29 is 55.8 Å². The Morgan fingerprint density at radius 3 is 2.35 bits per heavy atom. The van der Waals surface area contributed by atoms with Gasteiger partial charge in [-0.1, -0.05) is 87.1 Å². The van der Waals surface area contributed by atoms with Crippen molar-refractivity contribution in [1.82, 2.24) is 29.3 Å². The molecule has 2 fully saturated rings. The van der Waals surface area contributed by atoms with Gasteiger partial charge in [-0.15, -0.1) is 0 Å². The van der Waals surface area contributed by atoms with Crippen molar-refractivity contribution in [2.45, 2.75) is 166 Å². The molecular formula is C57H75ClF5N7O7S. The van der Waals surface area contributed by atoms with E-state index in [9.17, 15) is 51.1 Å². The predicted octanol–water partition coefficient (Wildman–Crippen LogP) is 12.3. The third-order valence-electron chi connectivity index (χ3n) is 17.5. The number of ether oxygens (including phenoxy) is 1. The van der Waals surface area contributed by atoms with Crippen molar-refractivity contribution in [3.8, 4) is 17.6 Å². The number of unbranched alkanes of at least 4 members (excludes halogenated alkanes) is 6. The lowest BCUT2D eigenvalue weighted by atomic mass is 9.52. The van der Waals surface area contributed by atoms with Gasteiger partial charge in [0.15, 0.2) is 0 Å². The quantitative estimate of drug-likeness (QED) is 0.0239. The minimum atomic E-state index is -5.60. The maximum Gasteiger partial charge on any atom is 0.453 e. The largest absolute Gasteiger partial charge is 0.496 e. The molecule has 4 aromatic rings. The van der Waals surface area contributed by atoms with Gasteiger partial charge >= 0.3 is 24.3 Å². The number of hydrogen-bond acceptors (Lipinski definition) is 9. The number of aryl methyl sites for hydroxylation is 1. The van der Waals surface area contributed by atoms with E-state index >= 15 is 0 Å². The topological polar surface area (TPSA) is 197 Å². The number of likely N-dealkylation sites (N-methyl/N-ethyl adjacent to an activating group) is 2.